The number of hydrogen-bond acceptors (Lipinski definition) is 2. The van der Waals surface area contributed by atoms with Gasteiger partial charge in [0.15, 0.2) is 0 Å². The molecule has 0 bridgehead atoms. The number of imidazole rings is 1. The van der Waals surface area contributed by atoms with Crippen LogP contribution in [0, 0.1) is 5.82 Å². The van der Waals surface area contributed by atoms with E-state index in [-0.39, 0.29) is 5.82 Å². The standard InChI is InChI=1S/C12H15BrFN3/c13-8-6-10-11(7-9(8)14)17-12(16-10)4-2-1-3-5-15/h6-7H,1-5,15H2,(H,16,17). The third kappa shape index (κ3) is 3.04. The Balaban J connectivity index is 2.09. The van der Waals surface area contributed by atoms with Gasteiger partial charge in [0.1, 0.15) is 11.6 Å². The third-order valence-corrected chi connectivity index (χ3v) is 3.30. The number of nitrogens with zero attached hydrogens (tertiary/aromatic N) is 1. The van der Waals surface area contributed by atoms with Crippen molar-refractivity contribution in [2.45, 2.75) is 25.7 Å². The molecule has 2 aromatic rings. The summed E-state index contributed by atoms with van der Waals surface area (Å²) in [5.74, 6) is 0.644. The molecule has 1 heterocycles. The van der Waals surface area contributed by atoms with Gasteiger partial charge >= 0.3 is 0 Å². The van der Waals surface area contributed by atoms with Crippen LogP contribution in [-0.4, -0.2) is 16.5 Å². The Labute approximate surface area is 108 Å². The molecule has 1 aromatic heterocycles. The number of fused-ring (bicyclic) bond motifs is 1. The Kier molecular flexibility index (Phi) is 4.12. The molecule has 92 valence electrons. The normalized spacial score (nSPS) is 11.2. The highest BCUT2D eigenvalue weighted by Gasteiger charge is 2.06. The molecule has 17 heavy (non-hydrogen) atoms. The first kappa shape index (κ1) is 12.5. The molecule has 0 amide bonds. The van der Waals surface area contributed by atoms with Crippen molar-refractivity contribution < 1.29 is 4.39 Å². The van der Waals surface area contributed by atoms with Gasteiger partial charge in [-0.15, -0.1) is 0 Å². The van der Waals surface area contributed by atoms with Crippen LogP contribution >= 0.6 is 15.9 Å². The zero-order chi connectivity index (χ0) is 12.3. The van der Waals surface area contributed by atoms with Gasteiger partial charge in [-0.25, -0.2) is 9.37 Å². The minimum absolute atomic E-state index is 0.268. The lowest BCUT2D eigenvalue weighted by Gasteiger charge is -1.95. The van der Waals surface area contributed by atoms with Crippen LogP contribution < -0.4 is 5.73 Å². The quantitative estimate of drug-likeness (QED) is 0.834. The number of aryl methyl sites for hydroxylation is 1. The van der Waals surface area contributed by atoms with Crippen molar-refractivity contribution in [1.29, 1.82) is 0 Å². The number of benzene rings is 1. The molecule has 0 radical (unpaired) electrons. The first-order valence-corrected chi connectivity index (χ1v) is 6.53. The van der Waals surface area contributed by atoms with Gasteiger partial charge in [0.25, 0.3) is 0 Å². The van der Waals surface area contributed by atoms with Crippen LogP contribution in [0.4, 0.5) is 4.39 Å². The van der Waals surface area contributed by atoms with Crippen molar-refractivity contribution in [2.75, 3.05) is 6.54 Å². The van der Waals surface area contributed by atoms with Crippen LogP contribution in [0.15, 0.2) is 16.6 Å². The van der Waals surface area contributed by atoms with E-state index in [1.54, 1.807) is 6.07 Å². The van der Waals surface area contributed by atoms with Gasteiger partial charge in [-0.05, 0) is 41.4 Å². The summed E-state index contributed by atoms with van der Waals surface area (Å²) < 4.78 is 13.8. The van der Waals surface area contributed by atoms with Crippen molar-refractivity contribution in [1.82, 2.24) is 9.97 Å². The van der Waals surface area contributed by atoms with E-state index in [0.717, 1.165) is 49.1 Å². The molecule has 0 spiro atoms. The van der Waals surface area contributed by atoms with E-state index >= 15 is 0 Å². The second-order valence-corrected chi connectivity index (χ2v) is 4.92. The van der Waals surface area contributed by atoms with Gasteiger partial charge in [0.05, 0.1) is 15.5 Å². The summed E-state index contributed by atoms with van der Waals surface area (Å²) in [6, 6.07) is 3.17. The molecule has 0 atom stereocenters. The van der Waals surface area contributed by atoms with E-state index in [4.69, 9.17) is 5.73 Å². The summed E-state index contributed by atoms with van der Waals surface area (Å²) in [7, 11) is 0. The number of nitrogens with one attached hydrogen (secondary N) is 1. The Morgan fingerprint density at radius 1 is 1.29 bits per heavy atom. The fourth-order valence-electron chi connectivity index (χ4n) is 1.79. The molecule has 0 fully saturated rings. The fourth-order valence-corrected chi connectivity index (χ4v) is 2.12. The van der Waals surface area contributed by atoms with Gasteiger partial charge in [-0.3, -0.25) is 0 Å². The molecule has 2 rings (SSSR count). The second kappa shape index (κ2) is 5.60. The largest absolute Gasteiger partial charge is 0.342 e. The molecule has 0 aliphatic carbocycles. The van der Waals surface area contributed by atoms with Gasteiger partial charge in [-0.1, -0.05) is 6.42 Å². The molecular formula is C12H15BrFN3. The SMILES string of the molecule is NCCCCCc1nc2cc(Br)c(F)cc2[nH]1. The molecule has 0 saturated carbocycles. The highest BCUT2D eigenvalue weighted by molar-refractivity contribution is 9.10. The van der Waals surface area contributed by atoms with E-state index in [1.165, 1.54) is 6.07 Å². The molecule has 1 aromatic carbocycles. The van der Waals surface area contributed by atoms with Gasteiger partial charge in [0, 0.05) is 12.5 Å². The van der Waals surface area contributed by atoms with Gasteiger partial charge < -0.3 is 10.7 Å². The molecule has 0 aliphatic rings. The lowest BCUT2D eigenvalue weighted by Crippen LogP contribution is -1.98. The summed E-state index contributed by atoms with van der Waals surface area (Å²) in [6.45, 7) is 0.734. The number of nitrogens with two attached hydrogens (primary N) is 1. The summed E-state index contributed by atoms with van der Waals surface area (Å²) in [5, 5.41) is 0. The summed E-state index contributed by atoms with van der Waals surface area (Å²) >= 11 is 3.16. The molecule has 0 aliphatic heterocycles. The first-order valence-electron chi connectivity index (χ1n) is 5.74. The lowest BCUT2D eigenvalue weighted by molar-refractivity contribution is 0.623. The topological polar surface area (TPSA) is 54.7 Å². The number of halogens is 2. The van der Waals surface area contributed by atoms with E-state index in [2.05, 4.69) is 25.9 Å². The summed E-state index contributed by atoms with van der Waals surface area (Å²) in [6.07, 6.45) is 4.08. The van der Waals surface area contributed by atoms with Crippen molar-refractivity contribution in [3.8, 4) is 0 Å². The van der Waals surface area contributed by atoms with E-state index in [0.29, 0.717) is 4.47 Å². The van der Waals surface area contributed by atoms with E-state index < -0.39 is 0 Å². The van der Waals surface area contributed by atoms with Crippen molar-refractivity contribution in [3.63, 3.8) is 0 Å². The van der Waals surface area contributed by atoms with E-state index in [9.17, 15) is 4.39 Å². The van der Waals surface area contributed by atoms with Crippen LogP contribution in [0.2, 0.25) is 0 Å². The minimum Gasteiger partial charge on any atom is -0.342 e. The predicted octanol–water partition coefficient (Wildman–Crippen LogP) is 3.14. The second-order valence-electron chi connectivity index (χ2n) is 4.07. The zero-order valence-electron chi connectivity index (χ0n) is 9.47. The minimum atomic E-state index is -0.268. The van der Waals surface area contributed by atoms with Crippen molar-refractivity contribution >= 4 is 27.0 Å². The van der Waals surface area contributed by atoms with Crippen LogP contribution in [0.1, 0.15) is 25.1 Å². The maximum Gasteiger partial charge on any atom is 0.139 e. The fraction of sp³-hybridized carbons (Fsp3) is 0.417. The molecule has 3 nitrogen and oxygen atoms in total. The highest BCUT2D eigenvalue weighted by Crippen LogP contribution is 2.22. The van der Waals surface area contributed by atoms with Gasteiger partial charge in [-0.2, -0.15) is 0 Å². The van der Waals surface area contributed by atoms with Crippen LogP contribution in [-0.2, 0) is 6.42 Å². The van der Waals surface area contributed by atoms with Crippen molar-refractivity contribution in [2.24, 2.45) is 5.73 Å². The summed E-state index contributed by atoms with van der Waals surface area (Å²) in [5.41, 5.74) is 6.98. The summed E-state index contributed by atoms with van der Waals surface area (Å²) in [4.78, 5) is 7.57. The number of hydrogen-bond donors (Lipinski definition) is 2. The van der Waals surface area contributed by atoms with E-state index in [1.807, 2.05) is 0 Å². The Bertz CT molecular complexity index is 471. The highest BCUT2D eigenvalue weighted by atomic mass is 79.9. The molecule has 3 N–H and O–H groups in total. The number of aromatic amines is 1. The first-order chi connectivity index (χ1) is 8.20. The van der Waals surface area contributed by atoms with Crippen molar-refractivity contribution in [3.05, 3.63) is 28.2 Å². The van der Waals surface area contributed by atoms with Crippen LogP contribution in [0.3, 0.4) is 0 Å². The number of rotatable bonds is 5. The third-order valence-electron chi connectivity index (χ3n) is 2.69. The maximum atomic E-state index is 13.3. The zero-order valence-corrected chi connectivity index (χ0v) is 11.1. The maximum absolute atomic E-state index is 13.3. The number of aromatic nitrogens is 2. The van der Waals surface area contributed by atoms with Crippen LogP contribution in [0.5, 0.6) is 0 Å². The average Bonchev–Trinajstić information content (AvgIpc) is 2.67. The molecule has 0 unspecified atom stereocenters. The smallest absolute Gasteiger partial charge is 0.139 e. The predicted molar refractivity (Wildman–Crippen MR) is 70.4 cm³/mol. The molecular weight excluding hydrogens is 285 g/mol. The average molecular weight is 300 g/mol. The monoisotopic (exact) mass is 299 g/mol. The van der Waals surface area contributed by atoms with Gasteiger partial charge in [0.2, 0.25) is 0 Å². The number of H-pyrrole nitrogens is 1. The lowest BCUT2D eigenvalue weighted by atomic mass is 10.2. The number of unbranched alkanes of at least 4 members (excludes halogenated alkanes) is 2. The Morgan fingerprint density at radius 3 is 2.88 bits per heavy atom. The van der Waals surface area contributed by atoms with Crippen LogP contribution in [0.25, 0.3) is 11.0 Å². The molecule has 0 saturated heterocycles. The Morgan fingerprint density at radius 2 is 2.12 bits per heavy atom. The Hall–Kier alpha value is -0.940. The molecule has 5 heteroatoms.